The molecule has 1 aliphatic rings. The summed E-state index contributed by atoms with van der Waals surface area (Å²) in [6.45, 7) is 2.57. The summed E-state index contributed by atoms with van der Waals surface area (Å²) < 4.78 is 18.9. The first kappa shape index (κ1) is 19.0. The molecule has 5 heteroatoms. The number of para-hydroxylation sites is 1. The molecule has 1 aliphatic heterocycles. The highest BCUT2D eigenvalue weighted by Gasteiger charge is 2.25. The van der Waals surface area contributed by atoms with Crippen LogP contribution in [0.2, 0.25) is 0 Å². The monoisotopic (exact) mass is 390 g/mol. The lowest BCUT2D eigenvalue weighted by Crippen LogP contribution is -2.39. The maximum atomic E-state index is 13.4. The van der Waals surface area contributed by atoms with Gasteiger partial charge in [-0.2, -0.15) is 0 Å². The molecule has 0 saturated heterocycles. The summed E-state index contributed by atoms with van der Waals surface area (Å²) in [6, 6.07) is 21.3. The molecule has 29 heavy (non-hydrogen) atoms. The standard InChI is InChI=1S/C24H23FN2O2/c1-2-29-19-13-9-16(10-14-19)21-15-22(20-5-3-4-6-23(20)28)27-24(26-21)17-7-11-18(25)12-8-17/h3-15,22,24,26-28H,2H2,1H3. The van der Waals surface area contributed by atoms with Gasteiger partial charge in [0, 0.05) is 11.3 Å². The van der Waals surface area contributed by atoms with Gasteiger partial charge in [-0.25, -0.2) is 4.39 Å². The molecule has 3 aromatic carbocycles. The molecule has 0 radical (unpaired) electrons. The van der Waals surface area contributed by atoms with Crippen LogP contribution in [0, 0.1) is 5.82 Å². The number of ether oxygens (including phenoxy) is 1. The van der Waals surface area contributed by atoms with Crippen molar-refractivity contribution in [3.63, 3.8) is 0 Å². The highest BCUT2D eigenvalue weighted by molar-refractivity contribution is 5.67. The normalized spacial score (nSPS) is 18.6. The Balaban J connectivity index is 1.71. The fourth-order valence-electron chi connectivity index (χ4n) is 3.48. The predicted octanol–water partition coefficient (Wildman–Crippen LogP) is 4.90. The van der Waals surface area contributed by atoms with E-state index in [4.69, 9.17) is 4.74 Å². The van der Waals surface area contributed by atoms with Crippen LogP contribution in [-0.4, -0.2) is 11.7 Å². The summed E-state index contributed by atoms with van der Waals surface area (Å²) in [5.74, 6) is 0.772. The van der Waals surface area contributed by atoms with E-state index in [9.17, 15) is 9.50 Å². The van der Waals surface area contributed by atoms with Gasteiger partial charge in [-0.15, -0.1) is 0 Å². The average molecular weight is 390 g/mol. The highest BCUT2D eigenvalue weighted by Crippen LogP contribution is 2.33. The molecule has 0 aliphatic carbocycles. The van der Waals surface area contributed by atoms with E-state index < -0.39 is 0 Å². The first-order chi connectivity index (χ1) is 14.1. The zero-order valence-corrected chi connectivity index (χ0v) is 16.1. The van der Waals surface area contributed by atoms with E-state index in [0.29, 0.717) is 6.61 Å². The molecule has 0 amide bonds. The van der Waals surface area contributed by atoms with E-state index in [2.05, 4.69) is 10.6 Å². The molecule has 0 fully saturated rings. The number of phenolic OH excluding ortho intramolecular Hbond substituents is 1. The number of hydrogen-bond donors (Lipinski definition) is 3. The van der Waals surface area contributed by atoms with Crippen LogP contribution in [0.4, 0.5) is 4.39 Å². The third kappa shape index (κ3) is 4.25. The minimum atomic E-state index is -0.274. The Morgan fingerprint density at radius 1 is 0.966 bits per heavy atom. The molecular formula is C24H23FN2O2. The van der Waals surface area contributed by atoms with Crippen LogP contribution in [0.3, 0.4) is 0 Å². The molecule has 0 spiro atoms. The van der Waals surface area contributed by atoms with E-state index in [0.717, 1.165) is 28.1 Å². The van der Waals surface area contributed by atoms with Crippen molar-refractivity contribution in [3.05, 3.63) is 101 Å². The molecule has 4 nitrogen and oxygen atoms in total. The fraction of sp³-hybridized carbons (Fsp3) is 0.167. The Morgan fingerprint density at radius 3 is 2.38 bits per heavy atom. The van der Waals surface area contributed by atoms with Gasteiger partial charge in [0.15, 0.2) is 0 Å². The quantitative estimate of drug-likeness (QED) is 0.580. The second kappa shape index (κ2) is 8.37. The van der Waals surface area contributed by atoms with Crippen LogP contribution in [0.1, 0.15) is 35.8 Å². The van der Waals surface area contributed by atoms with Crippen molar-refractivity contribution in [2.24, 2.45) is 0 Å². The summed E-state index contributed by atoms with van der Waals surface area (Å²) >= 11 is 0. The average Bonchev–Trinajstić information content (AvgIpc) is 2.75. The lowest BCUT2D eigenvalue weighted by Gasteiger charge is -2.33. The summed E-state index contributed by atoms with van der Waals surface area (Å²) in [6.07, 6.45) is 1.80. The van der Waals surface area contributed by atoms with E-state index >= 15 is 0 Å². The van der Waals surface area contributed by atoms with E-state index in [1.54, 1.807) is 24.3 Å². The smallest absolute Gasteiger partial charge is 0.123 e. The fourth-order valence-corrected chi connectivity index (χ4v) is 3.48. The van der Waals surface area contributed by atoms with Gasteiger partial charge < -0.3 is 15.2 Å². The van der Waals surface area contributed by atoms with E-state index in [1.807, 2.05) is 49.4 Å². The number of nitrogens with one attached hydrogen (secondary N) is 2. The van der Waals surface area contributed by atoms with Crippen molar-refractivity contribution < 1.29 is 14.2 Å². The second-order valence-corrected chi connectivity index (χ2v) is 6.87. The number of rotatable bonds is 5. The summed E-state index contributed by atoms with van der Waals surface area (Å²) in [4.78, 5) is 0. The third-order valence-corrected chi connectivity index (χ3v) is 4.93. The van der Waals surface area contributed by atoms with Gasteiger partial charge in [0.05, 0.1) is 12.6 Å². The predicted molar refractivity (Wildman–Crippen MR) is 112 cm³/mol. The van der Waals surface area contributed by atoms with E-state index in [1.165, 1.54) is 12.1 Å². The Kier molecular flexibility index (Phi) is 5.49. The van der Waals surface area contributed by atoms with Gasteiger partial charge in [0.1, 0.15) is 23.5 Å². The Labute approximate surface area is 169 Å². The lowest BCUT2D eigenvalue weighted by atomic mass is 9.98. The summed E-state index contributed by atoms with van der Waals surface area (Å²) in [7, 11) is 0. The largest absolute Gasteiger partial charge is 0.508 e. The van der Waals surface area contributed by atoms with Crippen molar-refractivity contribution in [3.8, 4) is 11.5 Å². The van der Waals surface area contributed by atoms with Gasteiger partial charge in [-0.05, 0) is 66.6 Å². The molecule has 0 aromatic heterocycles. The number of hydrogen-bond acceptors (Lipinski definition) is 4. The number of aromatic hydroxyl groups is 1. The van der Waals surface area contributed by atoms with Crippen LogP contribution < -0.4 is 15.4 Å². The number of halogens is 1. The van der Waals surface area contributed by atoms with Crippen molar-refractivity contribution in [1.82, 2.24) is 10.6 Å². The third-order valence-electron chi connectivity index (χ3n) is 4.93. The Bertz CT molecular complexity index is 1000. The molecule has 0 saturated carbocycles. The van der Waals surface area contributed by atoms with Crippen LogP contribution in [0.15, 0.2) is 78.9 Å². The van der Waals surface area contributed by atoms with Gasteiger partial charge in [-0.1, -0.05) is 30.3 Å². The van der Waals surface area contributed by atoms with E-state index in [-0.39, 0.29) is 23.8 Å². The molecule has 148 valence electrons. The highest BCUT2D eigenvalue weighted by atomic mass is 19.1. The zero-order chi connectivity index (χ0) is 20.2. The molecule has 2 atom stereocenters. The first-order valence-electron chi connectivity index (χ1n) is 9.65. The molecule has 3 aromatic rings. The molecule has 4 rings (SSSR count). The Hall–Kier alpha value is -3.31. The number of phenols is 1. The van der Waals surface area contributed by atoms with Crippen molar-refractivity contribution in [1.29, 1.82) is 0 Å². The zero-order valence-electron chi connectivity index (χ0n) is 16.1. The van der Waals surface area contributed by atoms with Gasteiger partial charge in [0.2, 0.25) is 0 Å². The van der Waals surface area contributed by atoms with Crippen LogP contribution in [0.25, 0.3) is 5.70 Å². The van der Waals surface area contributed by atoms with Crippen LogP contribution >= 0.6 is 0 Å². The van der Waals surface area contributed by atoms with Crippen LogP contribution in [0.5, 0.6) is 11.5 Å². The minimum absolute atomic E-state index is 0.214. The van der Waals surface area contributed by atoms with Gasteiger partial charge in [0.25, 0.3) is 0 Å². The lowest BCUT2D eigenvalue weighted by molar-refractivity contribution is 0.340. The summed E-state index contributed by atoms with van der Waals surface area (Å²) in [5.41, 5.74) is 3.62. The van der Waals surface area contributed by atoms with Gasteiger partial charge in [-0.3, -0.25) is 5.32 Å². The molecule has 1 heterocycles. The second-order valence-electron chi connectivity index (χ2n) is 6.87. The molecule has 3 N–H and O–H groups in total. The summed E-state index contributed by atoms with van der Waals surface area (Å²) in [5, 5.41) is 17.3. The molecular weight excluding hydrogens is 367 g/mol. The van der Waals surface area contributed by atoms with Crippen molar-refractivity contribution >= 4 is 5.70 Å². The first-order valence-corrected chi connectivity index (χ1v) is 9.65. The minimum Gasteiger partial charge on any atom is -0.508 e. The maximum Gasteiger partial charge on any atom is 0.123 e. The van der Waals surface area contributed by atoms with Crippen molar-refractivity contribution in [2.45, 2.75) is 19.1 Å². The van der Waals surface area contributed by atoms with Gasteiger partial charge >= 0.3 is 0 Å². The van der Waals surface area contributed by atoms with Crippen molar-refractivity contribution in [2.75, 3.05) is 6.61 Å². The number of benzene rings is 3. The topological polar surface area (TPSA) is 53.5 Å². The maximum absolute atomic E-state index is 13.4. The molecule has 2 unspecified atom stereocenters. The Morgan fingerprint density at radius 2 is 1.69 bits per heavy atom. The van der Waals surface area contributed by atoms with Crippen LogP contribution in [-0.2, 0) is 0 Å². The molecule has 0 bridgehead atoms. The SMILES string of the molecule is CCOc1ccc(C2=CC(c3ccccc3O)NC(c3ccc(F)cc3)N2)cc1.